The molecule has 1 heterocycles. The topological polar surface area (TPSA) is 173 Å². The average Bonchev–Trinajstić information content (AvgIpc) is 4.06. The molecule has 14 heteroatoms. The maximum atomic E-state index is 14.6. The Morgan fingerprint density at radius 2 is 1.73 bits per heavy atom. The Morgan fingerprint density at radius 1 is 1.00 bits per heavy atom. The first-order valence-corrected chi connectivity index (χ1v) is 21.2. The second-order valence-electron chi connectivity index (χ2n) is 16.6. The molecule has 2 aromatic carbocycles. The van der Waals surface area contributed by atoms with Crippen molar-refractivity contribution in [2.75, 3.05) is 6.54 Å². The van der Waals surface area contributed by atoms with E-state index in [1.54, 1.807) is 20.8 Å². The van der Waals surface area contributed by atoms with Gasteiger partial charge in [0.25, 0.3) is 5.91 Å². The van der Waals surface area contributed by atoms with Gasteiger partial charge in [-0.15, -0.1) is 6.58 Å². The van der Waals surface area contributed by atoms with E-state index in [4.69, 9.17) is 14.7 Å². The SMILES string of the molecule is C=C[C@H]1C[C@]1(NC(=O)[C@@H]1C[C@@H]2C[C@H]1C(=O)N(NC(=O)OC(C)(C)C)CCCCCC/C=C/c1ccc3c(c1)/C(=N/O2)c1ccccc1-3)C(=O)NS(=O)(=O)C1CC1. The Morgan fingerprint density at radius 3 is 2.45 bits per heavy atom. The van der Waals surface area contributed by atoms with E-state index in [-0.39, 0.29) is 25.8 Å². The Labute approximate surface area is 328 Å². The zero-order valence-corrected chi connectivity index (χ0v) is 33.0. The molecule has 4 bridgehead atoms. The molecule has 5 atom stereocenters. The molecule has 3 saturated carbocycles. The largest absolute Gasteiger partial charge is 0.443 e. The minimum atomic E-state index is -3.89. The van der Waals surface area contributed by atoms with Crippen molar-refractivity contribution in [1.29, 1.82) is 0 Å². The fraction of sp³-hybridized carbons (Fsp3) is 0.500. The van der Waals surface area contributed by atoms with Crippen molar-refractivity contribution in [1.82, 2.24) is 20.5 Å². The standard InChI is InChI=1S/C42H51N5O8S/c1-5-27-25-42(27,39(50)46-56(52,53)29-18-19-29)43-37(48)34-23-28-24-35(34)38(49)47(44-40(51)54-41(2,3)4)21-13-9-7-6-8-10-14-26-17-20-31-30-15-11-12-16-32(30)36(45-55-28)33(31)22-26/h5,10-12,14-17,20,22,27-29,34-35H,1,6-9,13,18-19,21,23-25H2,2-4H3,(H,43,48)(H,44,51)(H,46,50)/b14-10+,45-36+/t27-,28+,34+,35+,42+/m0/s1. The van der Waals surface area contributed by atoms with Gasteiger partial charge < -0.3 is 14.9 Å². The van der Waals surface area contributed by atoms with Crippen LogP contribution in [0, 0.1) is 17.8 Å². The van der Waals surface area contributed by atoms with Gasteiger partial charge in [0.1, 0.15) is 23.0 Å². The first kappa shape index (κ1) is 39.3. The highest BCUT2D eigenvalue weighted by molar-refractivity contribution is 7.91. The van der Waals surface area contributed by atoms with Gasteiger partial charge in [-0.05, 0) is 94.9 Å². The maximum absolute atomic E-state index is 14.6. The Balaban J connectivity index is 1.21. The number of oxime groups is 1. The van der Waals surface area contributed by atoms with Crippen molar-refractivity contribution in [3.8, 4) is 11.1 Å². The quantitative estimate of drug-likeness (QED) is 0.254. The summed E-state index contributed by atoms with van der Waals surface area (Å²) >= 11 is 0. The Hall–Kier alpha value is -4.98. The van der Waals surface area contributed by atoms with Crippen LogP contribution in [0.25, 0.3) is 17.2 Å². The number of allylic oxidation sites excluding steroid dienone is 1. The summed E-state index contributed by atoms with van der Waals surface area (Å²) in [5.41, 5.74) is 5.84. The third-order valence-corrected chi connectivity index (χ3v) is 13.0. The summed E-state index contributed by atoms with van der Waals surface area (Å²) in [6, 6.07) is 14.2. The van der Waals surface area contributed by atoms with Gasteiger partial charge in [-0.1, -0.05) is 72.6 Å². The average molecular weight is 786 g/mol. The lowest BCUT2D eigenvalue weighted by Crippen LogP contribution is -2.55. The molecule has 5 aliphatic rings. The maximum Gasteiger partial charge on any atom is 0.426 e. The normalized spacial score (nSPS) is 27.8. The van der Waals surface area contributed by atoms with Crippen LogP contribution in [0.5, 0.6) is 0 Å². The van der Waals surface area contributed by atoms with E-state index in [1.165, 1.54) is 11.1 Å². The van der Waals surface area contributed by atoms with Gasteiger partial charge in [0, 0.05) is 23.6 Å². The molecule has 0 radical (unpaired) electrons. The number of nitrogens with zero attached hydrogens (tertiary/aromatic N) is 2. The van der Waals surface area contributed by atoms with Crippen molar-refractivity contribution < 1.29 is 37.2 Å². The summed E-state index contributed by atoms with van der Waals surface area (Å²) in [4.78, 5) is 61.8. The first-order chi connectivity index (χ1) is 26.7. The van der Waals surface area contributed by atoms with Crippen LogP contribution in [-0.2, 0) is 34.0 Å². The van der Waals surface area contributed by atoms with Crippen LogP contribution in [0.2, 0.25) is 0 Å². The molecule has 13 nitrogen and oxygen atoms in total. The van der Waals surface area contributed by atoms with E-state index >= 15 is 0 Å². The second-order valence-corrected chi connectivity index (χ2v) is 18.6. The van der Waals surface area contributed by atoms with Gasteiger partial charge in [0.2, 0.25) is 21.8 Å². The highest BCUT2D eigenvalue weighted by Gasteiger charge is 2.62. The molecule has 3 N–H and O–H groups in total. The molecule has 3 fully saturated rings. The van der Waals surface area contributed by atoms with Crippen molar-refractivity contribution in [3.63, 3.8) is 0 Å². The van der Waals surface area contributed by atoms with Crippen molar-refractivity contribution >= 4 is 45.6 Å². The molecular weight excluding hydrogens is 735 g/mol. The van der Waals surface area contributed by atoms with Gasteiger partial charge in [-0.2, -0.15) is 0 Å². The van der Waals surface area contributed by atoms with Crippen molar-refractivity contribution in [2.24, 2.45) is 22.9 Å². The molecule has 56 heavy (non-hydrogen) atoms. The Kier molecular flexibility index (Phi) is 10.9. The molecular formula is C42H51N5O8S. The predicted molar refractivity (Wildman–Crippen MR) is 211 cm³/mol. The molecule has 1 aliphatic heterocycles. The van der Waals surface area contributed by atoms with Crippen LogP contribution in [0.15, 0.2) is 66.4 Å². The molecule has 7 rings (SSSR count). The van der Waals surface area contributed by atoms with Crippen LogP contribution < -0.4 is 15.5 Å². The van der Waals surface area contributed by atoms with Gasteiger partial charge in [-0.25, -0.2) is 18.6 Å². The lowest BCUT2D eigenvalue weighted by molar-refractivity contribution is -0.144. The molecule has 298 valence electrons. The van der Waals surface area contributed by atoms with Gasteiger partial charge in [-0.3, -0.25) is 24.1 Å². The number of carbonyl (C=O) groups is 4. The van der Waals surface area contributed by atoms with Crippen LogP contribution in [0.3, 0.4) is 0 Å². The summed E-state index contributed by atoms with van der Waals surface area (Å²) in [6.45, 7) is 9.16. The number of sulfonamides is 1. The van der Waals surface area contributed by atoms with Gasteiger partial charge >= 0.3 is 6.09 Å². The molecule has 0 spiro atoms. The molecule has 2 aromatic rings. The fourth-order valence-corrected chi connectivity index (χ4v) is 9.36. The van der Waals surface area contributed by atoms with Crippen LogP contribution >= 0.6 is 0 Å². The Bertz CT molecular complexity index is 2090. The zero-order chi connectivity index (χ0) is 39.8. The van der Waals surface area contributed by atoms with Crippen LogP contribution in [-0.4, -0.2) is 72.0 Å². The van der Waals surface area contributed by atoms with E-state index < -0.39 is 74.1 Å². The molecule has 0 saturated heterocycles. The van der Waals surface area contributed by atoms with E-state index in [9.17, 15) is 27.6 Å². The number of amides is 4. The number of carbonyl (C=O) groups excluding carboxylic acids is 4. The smallest absolute Gasteiger partial charge is 0.426 e. The molecule has 0 aromatic heterocycles. The zero-order valence-electron chi connectivity index (χ0n) is 32.2. The molecule has 0 unspecified atom stereocenters. The van der Waals surface area contributed by atoms with E-state index in [0.717, 1.165) is 53.5 Å². The lowest BCUT2D eigenvalue weighted by Gasteiger charge is -2.30. The number of hydrazine groups is 1. The molecule has 4 aliphatic carbocycles. The summed E-state index contributed by atoms with van der Waals surface area (Å²) in [6.07, 6.45) is 9.68. The number of rotatable bonds is 7. The highest BCUT2D eigenvalue weighted by Crippen LogP contribution is 2.47. The fourth-order valence-electron chi connectivity index (χ4n) is 8.00. The monoisotopic (exact) mass is 785 g/mol. The molecule has 4 amide bonds. The minimum absolute atomic E-state index is 0.0768. The predicted octanol–water partition coefficient (Wildman–Crippen LogP) is 5.75. The summed E-state index contributed by atoms with van der Waals surface area (Å²) in [7, 11) is -3.89. The number of benzene rings is 2. The summed E-state index contributed by atoms with van der Waals surface area (Å²) in [5.74, 6) is -4.41. The summed E-state index contributed by atoms with van der Waals surface area (Å²) in [5, 5.41) is 8.14. The van der Waals surface area contributed by atoms with Crippen LogP contribution in [0.4, 0.5) is 4.79 Å². The second kappa shape index (κ2) is 15.5. The highest BCUT2D eigenvalue weighted by atomic mass is 32.2. The first-order valence-electron chi connectivity index (χ1n) is 19.7. The van der Waals surface area contributed by atoms with Crippen molar-refractivity contribution in [3.05, 3.63) is 77.9 Å². The summed E-state index contributed by atoms with van der Waals surface area (Å²) < 4.78 is 33.2. The van der Waals surface area contributed by atoms with E-state index in [1.807, 2.05) is 24.3 Å². The van der Waals surface area contributed by atoms with Crippen molar-refractivity contribution in [2.45, 2.75) is 107 Å². The lowest BCUT2D eigenvalue weighted by atomic mass is 9.93. The third-order valence-electron chi connectivity index (χ3n) is 11.2. The number of hydrogen-bond donors (Lipinski definition) is 3. The number of nitrogens with one attached hydrogen (secondary N) is 3. The third kappa shape index (κ3) is 8.40. The number of hydrogen-bond acceptors (Lipinski definition) is 9. The van der Waals surface area contributed by atoms with Gasteiger partial charge in [0.15, 0.2) is 0 Å². The van der Waals surface area contributed by atoms with Crippen LogP contribution in [0.1, 0.15) is 102 Å². The van der Waals surface area contributed by atoms with Gasteiger partial charge in [0.05, 0.1) is 17.1 Å². The van der Waals surface area contributed by atoms with E-state index in [2.05, 4.69) is 52.4 Å². The minimum Gasteiger partial charge on any atom is -0.443 e. The number of fused-ring (bicyclic) bond motifs is 6. The van der Waals surface area contributed by atoms with E-state index in [0.29, 0.717) is 25.0 Å². The number of ether oxygens (including phenoxy) is 1.